The molecule has 0 radical (unpaired) electrons. The van der Waals surface area contributed by atoms with E-state index in [1.807, 2.05) is 0 Å². The number of hydrogen-bond donors (Lipinski definition) is 1. The molecule has 0 aromatic heterocycles. The monoisotopic (exact) mass is 266 g/mol. The highest BCUT2D eigenvalue weighted by molar-refractivity contribution is 5.91. The van der Waals surface area contributed by atoms with Gasteiger partial charge in [0, 0.05) is 0 Å². The molecule has 0 atom stereocenters. The van der Waals surface area contributed by atoms with Crippen LogP contribution in [0.25, 0.3) is 0 Å². The maximum Gasteiger partial charge on any atom is 0.339 e. The minimum absolute atomic E-state index is 0.0293. The van der Waals surface area contributed by atoms with Crippen LogP contribution in [0.3, 0.4) is 0 Å². The van der Waals surface area contributed by atoms with Crippen molar-refractivity contribution in [3.8, 4) is 5.75 Å². The fourth-order valence-electron chi connectivity index (χ4n) is 1.58. The molecule has 1 rings (SSSR count). The van der Waals surface area contributed by atoms with E-state index < -0.39 is 17.5 Å². The third-order valence-electron chi connectivity index (χ3n) is 2.26. The smallest absolute Gasteiger partial charge is 0.339 e. The molecule has 104 valence electrons. The summed E-state index contributed by atoms with van der Waals surface area (Å²) in [5.41, 5.74) is 0.0510. The molecule has 0 saturated carbocycles. The van der Waals surface area contributed by atoms with E-state index in [0.717, 1.165) is 0 Å². The lowest BCUT2D eigenvalue weighted by Gasteiger charge is -2.19. The van der Waals surface area contributed by atoms with Gasteiger partial charge in [-0.2, -0.15) is 0 Å². The van der Waals surface area contributed by atoms with E-state index >= 15 is 0 Å². The summed E-state index contributed by atoms with van der Waals surface area (Å²) in [6, 6.07) is 4.60. The van der Waals surface area contributed by atoms with Crippen LogP contribution >= 0.6 is 0 Å². The van der Waals surface area contributed by atoms with Crippen molar-refractivity contribution in [1.29, 1.82) is 0 Å². The fraction of sp³-hybridized carbons (Fsp3) is 0.429. The summed E-state index contributed by atoms with van der Waals surface area (Å²) in [5.74, 6) is -1.22. The number of benzene rings is 1. The van der Waals surface area contributed by atoms with Crippen LogP contribution < -0.4 is 4.74 Å². The van der Waals surface area contributed by atoms with Crippen LogP contribution in [0.15, 0.2) is 18.2 Å². The molecule has 0 heterocycles. The summed E-state index contributed by atoms with van der Waals surface area (Å²) in [4.78, 5) is 22.7. The molecule has 0 saturated heterocycles. The van der Waals surface area contributed by atoms with Crippen LogP contribution in [-0.2, 0) is 16.0 Å². The zero-order valence-corrected chi connectivity index (χ0v) is 11.5. The number of rotatable bonds is 4. The first-order chi connectivity index (χ1) is 8.73. The van der Waals surface area contributed by atoms with E-state index in [1.165, 1.54) is 19.2 Å². The van der Waals surface area contributed by atoms with E-state index in [2.05, 4.69) is 0 Å². The number of methoxy groups -OCH3 is 1. The van der Waals surface area contributed by atoms with Gasteiger partial charge in [-0.25, -0.2) is 4.79 Å². The first kappa shape index (κ1) is 15.0. The number of carboxylic acid groups (broad SMARTS) is 1. The normalized spacial score (nSPS) is 10.9. The molecule has 1 aromatic carbocycles. The van der Waals surface area contributed by atoms with Crippen LogP contribution in [0, 0.1) is 0 Å². The van der Waals surface area contributed by atoms with Gasteiger partial charge in [-0.1, -0.05) is 6.07 Å². The van der Waals surface area contributed by atoms with E-state index in [0.29, 0.717) is 5.56 Å². The van der Waals surface area contributed by atoms with Crippen LogP contribution in [0.2, 0.25) is 0 Å². The van der Waals surface area contributed by atoms with E-state index in [4.69, 9.17) is 14.6 Å². The first-order valence-electron chi connectivity index (χ1n) is 5.85. The topological polar surface area (TPSA) is 72.8 Å². The second kappa shape index (κ2) is 5.73. The summed E-state index contributed by atoms with van der Waals surface area (Å²) in [7, 11) is 1.40. The lowest BCUT2D eigenvalue weighted by molar-refractivity contribution is -0.153. The van der Waals surface area contributed by atoms with Gasteiger partial charge in [0.2, 0.25) is 0 Å². The van der Waals surface area contributed by atoms with Crippen molar-refractivity contribution in [3.05, 3.63) is 29.3 Å². The minimum Gasteiger partial charge on any atom is -0.496 e. The molecule has 5 nitrogen and oxygen atoms in total. The van der Waals surface area contributed by atoms with E-state index in [1.54, 1.807) is 26.8 Å². The molecule has 0 spiro atoms. The Kier molecular flexibility index (Phi) is 4.53. The maximum absolute atomic E-state index is 11.7. The Hall–Kier alpha value is -2.04. The Bertz CT molecular complexity index is 485. The highest BCUT2D eigenvalue weighted by atomic mass is 16.6. The van der Waals surface area contributed by atoms with Gasteiger partial charge in [0.05, 0.1) is 13.5 Å². The molecule has 0 amide bonds. The molecule has 0 aliphatic heterocycles. The molecule has 5 heteroatoms. The van der Waals surface area contributed by atoms with Crippen LogP contribution in [0.5, 0.6) is 5.75 Å². The molecular formula is C14H18O5. The highest BCUT2D eigenvalue weighted by Gasteiger charge is 2.18. The molecular weight excluding hydrogens is 248 g/mol. The molecule has 0 aliphatic carbocycles. The summed E-state index contributed by atoms with van der Waals surface area (Å²) in [5, 5.41) is 9.05. The van der Waals surface area contributed by atoms with Crippen molar-refractivity contribution >= 4 is 11.9 Å². The third kappa shape index (κ3) is 4.62. The molecule has 1 aromatic rings. The van der Waals surface area contributed by atoms with Gasteiger partial charge in [-0.3, -0.25) is 4.79 Å². The predicted octanol–water partition coefficient (Wildman–Crippen LogP) is 2.28. The number of hydrogen-bond acceptors (Lipinski definition) is 4. The van der Waals surface area contributed by atoms with Crippen LogP contribution in [0.4, 0.5) is 0 Å². The van der Waals surface area contributed by atoms with Gasteiger partial charge in [0.25, 0.3) is 0 Å². The standard InChI is InChI=1S/C14H18O5/c1-14(2,3)19-12(15)8-9-5-6-11(18-4)10(7-9)13(16)17/h5-7H,8H2,1-4H3,(H,16,17). The third-order valence-corrected chi connectivity index (χ3v) is 2.26. The molecule has 0 fully saturated rings. The largest absolute Gasteiger partial charge is 0.496 e. The Morgan fingerprint density at radius 2 is 1.89 bits per heavy atom. The van der Waals surface area contributed by atoms with Crippen molar-refractivity contribution in [2.24, 2.45) is 0 Å². The average molecular weight is 266 g/mol. The number of carbonyl (C=O) groups excluding carboxylic acids is 1. The van der Waals surface area contributed by atoms with Gasteiger partial charge < -0.3 is 14.6 Å². The van der Waals surface area contributed by atoms with Crippen molar-refractivity contribution in [2.45, 2.75) is 32.8 Å². The SMILES string of the molecule is COc1ccc(CC(=O)OC(C)(C)C)cc1C(=O)O. The summed E-state index contributed by atoms with van der Waals surface area (Å²) >= 11 is 0. The van der Waals surface area contributed by atoms with Crippen molar-refractivity contribution in [3.63, 3.8) is 0 Å². The van der Waals surface area contributed by atoms with Gasteiger partial charge in [0.1, 0.15) is 16.9 Å². The highest BCUT2D eigenvalue weighted by Crippen LogP contribution is 2.20. The van der Waals surface area contributed by atoms with Gasteiger partial charge in [-0.05, 0) is 38.5 Å². The molecule has 0 aliphatic rings. The van der Waals surface area contributed by atoms with Crippen molar-refractivity contribution < 1.29 is 24.2 Å². The number of esters is 1. The average Bonchev–Trinajstić information content (AvgIpc) is 2.26. The Balaban J connectivity index is 2.88. The van der Waals surface area contributed by atoms with Crippen LogP contribution in [0.1, 0.15) is 36.7 Å². The lowest BCUT2D eigenvalue weighted by Crippen LogP contribution is -2.25. The van der Waals surface area contributed by atoms with E-state index in [9.17, 15) is 9.59 Å². The second-order valence-electron chi connectivity index (χ2n) is 5.10. The van der Waals surface area contributed by atoms with Crippen molar-refractivity contribution in [1.82, 2.24) is 0 Å². The molecule has 0 bridgehead atoms. The lowest BCUT2D eigenvalue weighted by atomic mass is 10.1. The van der Waals surface area contributed by atoms with Gasteiger partial charge >= 0.3 is 11.9 Å². The zero-order chi connectivity index (χ0) is 14.6. The number of aromatic carboxylic acids is 1. The Morgan fingerprint density at radius 3 is 2.37 bits per heavy atom. The molecule has 1 N–H and O–H groups in total. The number of ether oxygens (including phenoxy) is 2. The zero-order valence-electron chi connectivity index (χ0n) is 11.5. The number of carbonyl (C=O) groups is 2. The summed E-state index contributed by atoms with van der Waals surface area (Å²) in [6.07, 6.45) is 0.0293. The minimum atomic E-state index is -1.09. The second-order valence-corrected chi connectivity index (χ2v) is 5.10. The Labute approximate surface area is 112 Å². The number of carboxylic acids is 1. The molecule has 0 unspecified atom stereocenters. The van der Waals surface area contributed by atoms with Gasteiger partial charge in [-0.15, -0.1) is 0 Å². The maximum atomic E-state index is 11.7. The van der Waals surface area contributed by atoms with Crippen molar-refractivity contribution in [2.75, 3.05) is 7.11 Å². The first-order valence-corrected chi connectivity index (χ1v) is 5.85. The quantitative estimate of drug-likeness (QED) is 0.846. The van der Waals surface area contributed by atoms with E-state index in [-0.39, 0.29) is 17.7 Å². The van der Waals surface area contributed by atoms with Crippen LogP contribution in [-0.4, -0.2) is 29.8 Å². The Morgan fingerprint density at radius 1 is 1.26 bits per heavy atom. The fourth-order valence-corrected chi connectivity index (χ4v) is 1.58. The van der Waals surface area contributed by atoms with Gasteiger partial charge in [0.15, 0.2) is 0 Å². The summed E-state index contributed by atoms with van der Waals surface area (Å²) in [6.45, 7) is 5.34. The predicted molar refractivity (Wildman–Crippen MR) is 69.5 cm³/mol. The summed E-state index contributed by atoms with van der Waals surface area (Å²) < 4.78 is 10.1. The molecule has 19 heavy (non-hydrogen) atoms.